The molecule has 74 valence electrons. The summed E-state index contributed by atoms with van der Waals surface area (Å²) in [7, 11) is 0. The van der Waals surface area contributed by atoms with Gasteiger partial charge >= 0.3 is 0 Å². The summed E-state index contributed by atoms with van der Waals surface area (Å²) in [5.41, 5.74) is 8.03. The van der Waals surface area contributed by atoms with Crippen molar-refractivity contribution in [2.45, 2.75) is 18.9 Å². The summed E-state index contributed by atoms with van der Waals surface area (Å²) in [5.74, 6) is 0. The molecule has 0 saturated heterocycles. The Morgan fingerprint density at radius 3 is 2.71 bits per heavy atom. The van der Waals surface area contributed by atoms with E-state index in [0.29, 0.717) is 5.02 Å². The van der Waals surface area contributed by atoms with Crippen LogP contribution in [0.2, 0.25) is 10.0 Å². The van der Waals surface area contributed by atoms with Crippen molar-refractivity contribution in [2.75, 3.05) is 0 Å². The molecule has 0 amide bonds. The predicted octanol–water partition coefficient (Wildman–Crippen LogP) is 3.50. The molecule has 2 rings (SSSR count). The first-order valence-electron chi connectivity index (χ1n) is 4.58. The lowest BCUT2D eigenvalue weighted by atomic mass is 10.1. The van der Waals surface area contributed by atoms with Gasteiger partial charge < -0.3 is 5.73 Å². The van der Waals surface area contributed by atoms with Crippen molar-refractivity contribution < 1.29 is 0 Å². The molecule has 0 aromatic heterocycles. The van der Waals surface area contributed by atoms with Crippen LogP contribution in [0.4, 0.5) is 0 Å². The van der Waals surface area contributed by atoms with Crippen LogP contribution in [0.5, 0.6) is 0 Å². The molecule has 1 aliphatic carbocycles. The second kappa shape index (κ2) is 3.93. The van der Waals surface area contributed by atoms with Crippen LogP contribution in [0.25, 0.3) is 5.57 Å². The summed E-state index contributed by atoms with van der Waals surface area (Å²) in [6, 6.07) is 5.68. The van der Waals surface area contributed by atoms with E-state index in [2.05, 4.69) is 6.08 Å². The van der Waals surface area contributed by atoms with Crippen LogP contribution in [0.1, 0.15) is 18.4 Å². The Balaban J connectivity index is 2.41. The maximum atomic E-state index is 6.08. The predicted molar refractivity (Wildman–Crippen MR) is 61.6 cm³/mol. The first-order valence-corrected chi connectivity index (χ1v) is 5.34. The zero-order valence-electron chi connectivity index (χ0n) is 7.63. The van der Waals surface area contributed by atoms with Crippen LogP contribution in [0, 0.1) is 0 Å². The maximum Gasteiger partial charge on any atom is 0.0482 e. The summed E-state index contributed by atoms with van der Waals surface area (Å²) in [5, 5.41) is 1.46. The Labute approximate surface area is 93.5 Å². The summed E-state index contributed by atoms with van der Waals surface area (Å²) < 4.78 is 0. The highest BCUT2D eigenvalue weighted by molar-refractivity contribution is 6.34. The van der Waals surface area contributed by atoms with Gasteiger partial charge in [-0.15, -0.1) is 0 Å². The van der Waals surface area contributed by atoms with Gasteiger partial charge in [-0.2, -0.15) is 0 Å². The molecule has 1 nitrogen and oxygen atoms in total. The number of hydrogen-bond donors (Lipinski definition) is 1. The van der Waals surface area contributed by atoms with Crippen molar-refractivity contribution in [3.8, 4) is 0 Å². The van der Waals surface area contributed by atoms with Crippen molar-refractivity contribution in [3.63, 3.8) is 0 Å². The average molecular weight is 228 g/mol. The molecule has 3 heteroatoms. The van der Waals surface area contributed by atoms with E-state index in [1.54, 1.807) is 6.07 Å². The van der Waals surface area contributed by atoms with Gasteiger partial charge in [-0.1, -0.05) is 29.3 Å². The van der Waals surface area contributed by atoms with E-state index < -0.39 is 0 Å². The highest BCUT2D eigenvalue weighted by Gasteiger charge is 2.15. The highest BCUT2D eigenvalue weighted by Crippen LogP contribution is 2.33. The van der Waals surface area contributed by atoms with Crippen LogP contribution in [-0.2, 0) is 0 Å². The van der Waals surface area contributed by atoms with Gasteiger partial charge in [0.1, 0.15) is 0 Å². The molecule has 1 aliphatic rings. The lowest BCUT2D eigenvalue weighted by Gasteiger charge is -2.05. The SMILES string of the molecule is NC1C=C(c2cc(Cl)ccc2Cl)CC1. The first-order chi connectivity index (χ1) is 6.66. The fourth-order valence-electron chi connectivity index (χ4n) is 1.72. The van der Waals surface area contributed by atoms with Crippen molar-refractivity contribution in [1.82, 2.24) is 0 Å². The molecule has 1 aromatic rings. The molecule has 0 aliphatic heterocycles. The zero-order valence-corrected chi connectivity index (χ0v) is 9.15. The smallest absolute Gasteiger partial charge is 0.0482 e. The van der Waals surface area contributed by atoms with Gasteiger partial charge in [-0.25, -0.2) is 0 Å². The lowest BCUT2D eigenvalue weighted by molar-refractivity contribution is 0.782. The molecule has 1 aromatic carbocycles. The van der Waals surface area contributed by atoms with E-state index >= 15 is 0 Å². The number of halogens is 2. The molecule has 0 saturated carbocycles. The number of benzene rings is 1. The summed E-state index contributed by atoms with van der Waals surface area (Å²) in [6.45, 7) is 0. The summed E-state index contributed by atoms with van der Waals surface area (Å²) >= 11 is 12.0. The quantitative estimate of drug-likeness (QED) is 0.782. The Kier molecular flexibility index (Phi) is 2.82. The fraction of sp³-hybridized carbons (Fsp3) is 0.273. The van der Waals surface area contributed by atoms with E-state index in [9.17, 15) is 0 Å². The molecular weight excluding hydrogens is 217 g/mol. The van der Waals surface area contributed by atoms with Gasteiger partial charge in [-0.05, 0) is 42.2 Å². The molecule has 0 bridgehead atoms. The normalized spacial score (nSPS) is 21.1. The van der Waals surface area contributed by atoms with E-state index in [4.69, 9.17) is 28.9 Å². The third kappa shape index (κ3) is 1.95. The van der Waals surface area contributed by atoms with Gasteiger partial charge in [0, 0.05) is 16.1 Å². The molecule has 14 heavy (non-hydrogen) atoms. The van der Waals surface area contributed by atoms with Gasteiger partial charge in [0.2, 0.25) is 0 Å². The molecule has 0 radical (unpaired) electrons. The molecule has 0 heterocycles. The van der Waals surface area contributed by atoms with Crippen molar-refractivity contribution >= 4 is 28.8 Å². The molecule has 0 spiro atoms. The number of rotatable bonds is 1. The fourth-order valence-corrected chi connectivity index (χ4v) is 2.13. The summed E-state index contributed by atoms with van der Waals surface area (Å²) in [6.07, 6.45) is 4.05. The Hall–Kier alpha value is -0.500. The van der Waals surface area contributed by atoms with Gasteiger partial charge in [0.25, 0.3) is 0 Å². The van der Waals surface area contributed by atoms with Crippen LogP contribution in [-0.4, -0.2) is 6.04 Å². The number of nitrogens with two attached hydrogens (primary N) is 1. The van der Waals surface area contributed by atoms with Crippen molar-refractivity contribution in [2.24, 2.45) is 5.73 Å². The molecular formula is C11H11Cl2N. The standard InChI is InChI=1S/C11H11Cl2N/c12-8-2-4-11(13)10(6-8)7-1-3-9(14)5-7/h2,4-6,9H,1,3,14H2. The summed E-state index contributed by atoms with van der Waals surface area (Å²) in [4.78, 5) is 0. The molecule has 1 unspecified atom stereocenters. The van der Waals surface area contributed by atoms with E-state index in [0.717, 1.165) is 23.4 Å². The Morgan fingerprint density at radius 1 is 1.29 bits per heavy atom. The van der Waals surface area contributed by atoms with Gasteiger partial charge in [0.05, 0.1) is 0 Å². The first kappa shape index (κ1) is 10.0. The second-order valence-corrected chi connectivity index (χ2v) is 4.36. The Bertz CT molecular complexity index is 385. The second-order valence-electron chi connectivity index (χ2n) is 3.52. The lowest BCUT2D eigenvalue weighted by Crippen LogP contribution is -2.11. The largest absolute Gasteiger partial charge is 0.324 e. The highest BCUT2D eigenvalue weighted by atomic mass is 35.5. The van der Waals surface area contributed by atoms with E-state index in [1.807, 2.05) is 12.1 Å². The maximum absolute atomic E-state index is 6.08. The van der Waals surface area contributed by atoms with Crippen molar-refractivity contribution in [1.29, 1.82) is 0 Å². The number of allylic oxidation sites excluding steroid dienone is 1. The third-order valence-electron chi connectivity index (χ3n) is 2.44. The molecule has 2 N–H and O–H groups in total. The van der Waals surface area contributed by atoms with Crippen LogP contribution < -0.4 is 5.73 Å². The van der Waals surface area contributed by atoms with Gasteiger partial charge in [0.15, 0.2) is 0 Å². The van der Waals surface area contributed by atoms with E-state index in [-0.39, 0.29) is 6.04 Å². The Morgan fingerprint density at radius 2 is 2.07 bits per heavy atom. The topological polar surface area (TPSA) is 26.0 Å². The van der Waals surface area contributed by atoms with Crippen LogP contribution >= 0.6 is 23.2 Å². The van der Waals surface area contributed by atoms with E-state index in [1.165, 1.54) is 5.57 Å². The van der Waals surface area contributed by atoms with Crippen LogP contribution in [0.15, 0.2) is 24.3 Å². The third-order valence-corrected chi connectivity index (χ3v) is 3.00. The zero-order chi connectivity index (χ0) is 10.1. The average Bonchev–Trinajstić information content (AvgIpc) is 2.56. The number of hydrogen-bond acceptors (Lipinski definition) is 1. The van der Waals surface area contributed by atoms with Crippen LogP contribution in [0.3, 0.4) is 0 Å². The molecule has 1 atom stereocenters. The minimum Gasteiger partial charge on any atom is -0.324 e. The minimum absolute atomic E-state index is 0.167. The monoisotopic (exact) mass is 227 g/mol. The van der Waals surface area contributed by atoms with Gasteiger partial charge in [-0.3, -0.25) is 0 Å². The molecule has 0 fully saturated rings. The van der Waals surface area contributed by atoms with Crippen molar-refractivity contribution in [3.05, 3.63) is 39.9 Å². The minimum atomic E-state index is 0.167.